The summed E-state index contributed by atoms with van der Waals surface area (Å²) in [6, 6.07) is 7.74. The van der Waals surface area contributed by atoms with Crippen molar-refractivity contribution in [1.82, 2.24) is 14.9 Å². The molecule has 3 rings (SSSR count). The van der Waals surface area contributed by atoms with Crippen LogP contribution in [0, 0.1) is 0 Å². The molecule has 1 aromatic heterocycles. The fourth-order valence-corrected chi connectivity index (χ4v) is 2.23. The van der Waals surface area contributed by atoms with E-state index in [4.69, 9.17) is 9.84 Å². The summed E-state index contributed by atoms with van der Waals surface area (Å²) in [6.45, 7) is -0.433. The molecule has 1 N–H and O–H groups in total. The van der Waals surface area contributed by atoms with E-state index in [-0.39, 0.29) is 5.12 Å². The highest BCUT2D eigenvalue weighted by Gasteiger charge is 2.43. The lowest BCUT2D eigenvalue weighted by atomic mass is 10.0. The third kappa shape index (κ3) is 2.01. The summed E-state index contributed by atoms with van der Waals surface area (Å²) in [5, 5.41) is 13.2. The molecule has 1 aromatic carbocycles. The average molecular weight is 277 g/mol. The highest BCUT2D eigenvalue weighted by atomic mass is 19.2. The number of aromatic nitrogens is 2. The number of carbonyl (C=O) groups excluding carboxylic acids is 1. The topological polar surface area (TPSA) is 67.6 Å². The Labute approximate surface area is 113 Å². The number of hydrogen-bond acceptors (Lipinski definition) is 4. The van der Waals surface area contributed by atoms with Gasteiger partial charge in [-0.05, 0) is 23.8 Å². The van der Waals surface area contributed by atoms with Gasteiger partial charge in [0.15, 0.2) is 6.10 Å². The highest BCUT2D eigenvalue weighted by Crippen LogP contribution is 2.33. The minimum absolute atomic E-state index is 0.00377. The monoisotopic (exact) mass is 277 g/mol. The van der Waals surface area contributed by atoms with Gasteiger partial charge in [-0.3, -0.25) is 0 Å². The molecule has 2 heterocycles. The van der Waals surface area contributed by atoms with E-state index in [9.17, 15) is 9.28 Å². The Bertz CT molecular complexity index is 600. The molecule has 1 aliphatic rings. The molecule has 0 radical (unpaired) electrons. The van der Waals surface area contributed by atoms with Gasteiger partial charge in [-0.25, -0.2) is 9.48 Å². The van der Waals surface area contributed by atoms with Crippen molar-refractivity contribution in [3.8, 4) is 5.69 Å². The van der Waals surface area contributed by atoms with Crippen LogP contribution in [0.5, 0.6) is 0 Å². The summed E-state index contributed by atoms with van der Waals surface area (Å²) in [6.07, 6.45) is 1.46. The quantitative estimate of drug-likeness (QED) is 0.865. The van der Waals surface area contributed by atoms with Crippen molar-refractivity contribution in [2.75, 3.05) is 6.61 Å². The van der Waals surface area contributed by atoms with E-state index in [0.29, 0.717) is 5.56 Å². The van der Waals surface area contributed by atoms with Crippen molar-refractivity contribution >= 4 is 6.09 Å². The first-order chi connectivity index (χ1) is 9.70. The molecule has 2 aromatic rings. The summed E-state index contributed by atoms with van der Waals surface area (Å²) < 4.78 is 20.1. The van der Waals surface area contributed by atoms with Crippen LogP contribution in [-0.4, -0.2) is 38.8 Å². The van der Waals surface area contributed by atoms with E-state index < -0.39 is 24.8 Å². The van der Waals surface area contributed by atoms with Gasteiger partial charge < -0.3 is 9.84 Å². The Hall–Kier alpha value is -2.41. The lowest BCUT2D eigenvalue weighted by Crippen LogP contribution is -2.24. The predicted molar refractivity (Wildman–Crippen MR) is 66.6 cm³/mol. The standard InChI is InChI=1S/C13H12FN3O3/c14-17-12(11(8-18)20-13(17)19)9-2-4-10(5-3-9)16-7-1-6-15-16/h1-7,11-12,18H,8H2. The number of aliphatic hydroxyl groups is 1. The van der Waals surface area contributed by atoms with Gasteiger partial charge in [-0.1, -0.05) is 16.6 Å². The molecule has 104 valence electrons. The first-order valence-electron chi connectivity index (χ1n) is 6.07. The minimum atomic E-state index is -1.08. The molecule has 6 nitrogen and oxygen atoms in total. The molecule has 7 heteroatoms. The van der Waals surface area contributed by atoms with Crippen LogP contribution in [0.2, 0.25) is 0 Å². The van der Waals surface area contributed by atoms with E-state index >= 15 is 0 Å². The Morgan fingerprint density at radius 3 is 2.70 bits per heavy atom. The smallest absolute Gasteiger partial charge is 0.439 e. The second kappa shape index (κ2) is 4.93. The molecule has 1 amide bonds. The lowest BCUT2D eigenvalue weighted by Gasteiger charge is -2.17. The van der Waals surface area contributed by atoms with Gasteiger partial charge in [-0.2, -0.15) is 5.10 Å². The first-order valence-corrected chi connectivity index (χ1v) is 6.07. The van der Waals surface area contributed by atoms with Crippen molar-refractivity contribution in [1.29, 1.82) is 0 Å². The normalized spacial score (nSPS) is 22.1. The van der Waals surface area contributed by atoms with E-state index in [1.807, 2.05) is 0 Å². The number of ether oxygens (including phenoxy) is 1. The molecule has 0 spiro atoms. The fourth-order valence-electron chi connectivity index (χ4n) is 2.23. The second-order valence-electron chi connectivity index (χ2n) is 4.40. The van der Waals surface area contributed by atoms with Crippen molar-refractivity contribution in [2.45, 2.75) is 12.1 Å². The summed E-state index contributed by atoms with van der Waals surface area (Å²) in [5.74, 6) is 0. The third-order valence-electron chi connectivity index (χ3n) is 3.21. The van der Waals surface area contributed by atoms with Crippen molar-refractivity contribution in [3.05, 3.63) is 48.3 Å². The number of amides is 1. The molecule has 20 heavy (non-hydrogen) atoms. The molecular weight excluding hydrogens is 265 g/mol. The Balaban J connectivity index is 1.89. The number of aliphatic hydroxyl groups excluding tert-OH is 1. The van der Waals surface area contributed by atoms with Crippen LogP contribution in [0.1, 0.15) is 11.6 Å². The van der Waals surface area contributed by atoms with Crippen LogP contribution in [0.15, 0.2) is 42.7 Å². The molecule has 1 aliphatic heterocycles. The first kappa shape index (κ1) is 12.6. The predicted octanol–water partition coefficient (Wildman–Crippen LogP) is 1.61. The summed E-state index contributed by atoms with van der Waals surface area (Å²) >= 11 is 0. The number of benzene rings is 1. The number of hydrogen-bond donors (Lipinski definition) is 1. The molecular formula is C13H12FN3O3. The molecule has 2 unspecified atom stereocenters. The van der Waals surface area contributed by atoms with Crippen molar-refractivity contribution in [3.63, 3.8) is 0 Å². The number of halogens is 1. The van der Waals surface area contributed by atoms with Gasteiger partial charge in [0.1, 0.15) is 6.04 Å². The zero-order valence-electron chi connectivity index (χ0n) is 10.4. The van der Waals surface area contributed by atoms with Gasteiger partial charge in [0.2, 0.25) is 0 Å². The maximum atomic E-state index is 13.7. The third-order valence-corrected chi connectivity index (χ3v) is 3.21. The number of cyclic esters (lactones) is 1. The van der Waals surface area contributed by atoms with Crippen LogP contribution in [-0.2, 0) is 4.74 Å². The zero-order chi connectivity index (χ0) is 14.1. The lowest BCUT2D eigenvalue weighted by molar-refractivity contribution is 0.0388. The molecule has 1 fully saturated rings. The van der Waals surface area contributed by atoms with E-state index in [1.54, 1.807) is 47.4 Å². The van der Waals surface area contributed by atoms with Crippen LogP contribution in [0.4, 0.5) is 9.28 Å². The maximum absolute atomic E-state index is 13.7. The number of nitrogens with zero attached hydrogens (tertiary/aromatic N) is 3. The van der Waals surface area contributed by atoms with Gasteiger partial charge in [0, 0.05) is 12.4 Å². The fraction of sp³-hybridized carbons (Fsp3) is 0.231. The Morgan fingerprint density at radius 2 is 2.10 bits per heavy atom. The second-order valence-corrected chi connectivity index (χ2v) is 4.40. The summed E-state index contributed by atoms with van der Waals surface area (Å²) in [5.41, 5.74) is 1.36. The van der Waals surface area contributed by atoms with E-state index in [0.717, 1.165) is 5.69 Å². The van der Waals surface area contributed by atoms with Crippen LogP contribution in [0.25, 0.3) is 5.69 Å². The van der Waals surface area contributed by atoms with E-state index in [1.165, 1.54) is 0 Å². The zero-order valence-corrected chi connectivity index (χ0v) is 10.4. The van der Waals surface area contributed by atoms with Crippen LogP contribution < -0.4 is 0 Å². The molecule has 0 saturated carbocycles. The van der Waals surface area contributed by atoms with Crippen molar-refractivity contribution in [2.24, 2.45) is 0 Å². The summed E-state index contributed by atoms with van der Waals surface area (Å²) in [7, 11) is 0. The Morgan fingerprint density at radius 1 is 1.35 bits per heavy atom. The van der Waals surface area contributed by atoms with Gasteiger partial charge in [0.05, 0.1) is 12.3 Å². The minimum Gasteiger partial charge on any atom is -0.439 e. The van der Waals surface area contributed by atoms with Gasteiger partial charge >= 0.3 is 6.09 Å². The molecule has 2 atom stereocenters. The molecule has 1 saturated heterocycles. The van der Waals surface area contributed by atoms with E-state index in [2.05, 4.69) is 5.10 Å². The number of rotatable bonds is 3. The molecule has 0 bridgehead atoms. The van der Waals surface area contributed by atoms with Gasteiger partial charge in [0.25, 0.3) is 0 Å². The summed E-state index contributed by atoms with van der Waals surface area (Å²) in [4.78, 5) is 11.2. The van der Waals surface area contributed by atoms with Crippen molar-refractivity contribution < 1.29 is 19.1 Å². The largest absolute Gasteiger partial charge is 0.439 e. The maximum Gasteiger partial charge on any atom is 0.439 e. The molecule has 0 aliphatic carbocycles. The SMILES string of the molecule is O=C1OC(CO)C(c2ccc(-n3cccn3)cc2)N1F. The van der Waals surface area contributed by atoms with Gasteiger partial charge in [-0.15, -0.1) is 5.12 Å². The van der Waals surface area contributed by atoms with Crippen LogP contribution >= 0.6 is 0 Å². The highest BCUT2D eigenvalue weighted by molar-refractivity contribution is 5.69. The van der Waals surface area contributed by atoms with Crippen LogP contribution in [0.3, 0.4) is 0 Å². The Kier molecular flexibility index (Phi) is 3.11. The number of carbonyl (C=O) groups is 1. The average Bonchev–Trinajstić information content (AvgIpc) is 3.09.